The average Bonchev–Trinajstić information content (AvgIpc) is 2.75. The molecule has 0 fully saturated rings. The summed E-state index contributed by atoms with van der Waals surface area (Å²) in [6.45, 7) is 3.10. The van der Waals surface area contributed by atoms with Crippen molar-refractivity contribution in [3.8, 4) is 22.8 Å². The molecule has 0 saturated heterocycles. The number of aromatic nitrogens is 2. The highest BCUT2D eigenvalue weighted by Crippen LogP contribution is 2.36. The Hall–Kier alpha value is -2.17. The number of hydrogen-bond donors (Lipinski definition) is 2. The maximum atomic E-state index is 11.1. The Bertz CT molecular complexity index is 612. The van der Waals surface area contributed by atoms with Crippen molar-refractivity contribution < 1.29 is 9.47 Å². The Balaban J connectivity index is 2.14. The van der Waals surface area contributed by atoms with Crippen LogP contribution in [0.3, 0.4) is 0 Å². The number of hydrogen-bond acceptors (Lipinski definition) is 3. The summed E-state index contributed by atoms with van der Waals surface area (Å²) in [4.78, 5) is 16.4. The van der Waals surface area contributed by atoms with E-state index in [4.69, 9.17) is 9.47 Å². The number of nitrogens with one attached hydrogen (secondary N) is 2. The van der Waals surface area contributed by atoms with E-state index in [0.717, 1.165) is 28.3 Å². The van der Waals surface area contributed by atoms with Gasteiger partial charge in [0.15, 0.2) is 11.5 Å². The lowest BCUT2D eigenvalue weighted by Crippen LogP contribution is -2.15. The van der Waals surface area contributed by atoms with Gasteiger partial charge in [0, 0.05) is 11.8 Å². The average molecular weight is 232 g/mol. The number of H-pyrrole nitrogens is 2. The van der Waals surface area contributed by atoms with E-state index in [1.165, 1.54) is 0 Å². The first-order valence-electron chi connectivity index (χ1n) is 5.42. The number of aryl methyl sites for hydroxylation is 1. The molecule has 17 heavy (non-hydrogen) atoms. The van der Waals surface area contributed by atoms with E-state index in [9.17, 15) is 4.79 Å². The van der Waals surface area contributed by atoms with Crippen LogP contribution in [-0.2, 0) is 0 Å². The van der Waals surface area contributed by atoms with E-state index in [2.05, 4.69) is 9.97 Å². The highest BCUT2D eigenvalue weighted by atomic mass is 16.6. The molecule has 1 aromatic carbocycles. The van der Waals surface area contributed by atoms with Crippen molar-refractivity contribution in [2.45, 2.75) is 6.92 Å². The zero-order chi connectivity index (χ0) is 11.8. The summed E-state index contributed by atoms with van der Waals surface area (Å²) < 4.78 is 11.0. The fourth-order valence-electron chi connectivity index (χ4n) is 1.96. The predicted octanol–water partition coefficient (Wildman–Crippen LogP) is 1.45. The van der Waals surface area contributed by atoms with Gasteiger partial charge in [-0.25, -0.2) is 4.79 Å². The van der Waals surface area contributed by atoms with E-state index in [-0.39, 0.29) is 5.69 Å². The molecule has 5 heteroatoms. The van der Waals surface area contributed by atoms with E-state index in [1.807, 2.05) is 19.1 Å². The standard InChI is InChI=1S/C12H12N2O3/c1-7-4-10-11(17-3-2-16-10)5-8(7)9-6-13-12(15)14-9/h4-6H,2-3H2,1H3,(H2,13,14,15). The minimum Gasteiger partial charge on any atom is -0.486 e. The molecule has 0 bridgehead atoms. The SMILES string of the molecule is Cc1cc2c(cc1-c1c[nH]c(=O)[nH]1)OCCO2. The lowest BCUT2D eigenvalue weighted by Gasteiger charge is -2.20. The van der Waals surface area contributed by atoms with Crippen molar-refractivity contribution >= 4 is 0 Å². The monoisotopic (exact) mass is 232 g/mol. The molecule has 0 amide bonds. The summed E-state index contributed by atoms with van der Waals surface area (Å²) in [6.07, 6.45) is 1.65. The Morgan fingerprint density at radius 3 is 2.53 bits per heavy atom. The first kappa shape index (κ1) is 10.0. The Morgan fingerprint density at radius 2 is 1.88 bits per heavy atom. The van der Waals surface area contributed by atoms with Gasteiger partial charge in [-0.2, -0.15) is 0 Å². The van der Waals surface area contributed by atoms with Gasteiger partial charge in [-0.1, -0.05) is 0 Å². The molecule has 2 heterocycles. The third-order valence-corrected chi connectivity index (χ3v) is 2.78. The first-order chi connectivity index (χ1) is 8.24. The van der Waals surface area contributed by atoms with Crippen LogP contribution in [0.1, 0.15) is 5.56 Å². The highest BCUT2D eigenvalue weighted by molar-refractivity contribution is 5.67. The Morgan fingerprint density at radius 1 is 1.18 bits per heavy atom. The molecule has 0 unspecified atom stereocenters. The molecule has 2 N–H and O–H groups in total. The van der Waals surface area contributed by atoms with E-state index >= 15 is 0 Å². The van der Waals surface area contributed by atoms with Crippen LogP contribution in [0.4, 0.5) is 0 Å². The number of fused-ring (bicyclic) bond motifs is 1. The maximum absolute atomic E-state index is 11.1. The summed E-state index contributed by atoms with van der Waals surface area (Å²) in [5, 5.41) is 0. The van der Waals surface area contributed by atoms with Crippen molar-refractivity contribution in [3.05, 3.63) is 34.4 Å². The molecule has 88 valence electrons. The molecule has 1 aliphatic heterocycles. The van der Waals surface area contributed by atoms with Gasteiger partial charge < -0.3 is 19.4 Å². The van der Waals surface area contributed by atoms with Crippen LogP contribution in [0.15, 0.2) is 23.1 Å². The lowest BCUT2D eigenvalue weighted by molar-refractivity contribution is 0.171. The van der Waals surface area contributed by atoms with Crippen molar-refractivity contribution in [2.24, 2.45) is 0 Å². The van der Waals surface area contributed by atoms with Gasteiger partial charge in [0.25, 0.3) is 0 Å². The van der Waals surface area contributed by atoms with Gasteiger partial charge in [0.2, 0.25) is 0 Å². The number of imidazole rings is 1. The van der Waals surface area contributed by atoms with Crippen LogP contribution in [0.2, 0.25) is 0 Å². The molecule has 0 spiro atoms. The second-order valence-corrected chi connectivity index (χ2v) is 3.97. The molecule has 0 radical (unpaired) electrons. The van der Waals surface area contributed by atoms with Gasteiger partial charge in [-0.15, -0.1) is 0 Å². The molecule has 2 aromatic rings. The van der Waals surface area contributed by atoms with Gasteiger partial charge in [-0.05, 0) is 24.6 Å². The summed E-state index contributed by atoms with van der Waals surface area (Å²) >= 11 is 0. The Labute approximate surface area is 97.4 Å². The van der Waals surface area contributed by atoms with E-state index in [1.54, 1.807) is 6.20 Å². The number of rotatable bonds is 1. The summed E-state index contributed by atoms with van der Waals surface area (Å²) in [5.74, 6) is 1.48. The van der Waals surface area contributed by atoms with Gasteiger partial charge >= 0.3 is 5.69 Å². The number of ether oxygens (including phenoxy) is 2. The quantitative estimate of drug-likeness (QED) is 0.782. The summed E-state index contributed by atoms with van der Waals surface area (Å²) in [6, 6.07) is 3.82. The normalized spacial score (nSPS) is 13.7. The van der Waals surface area contributed by atoms with Crippen LogP contribution < -0.4 is 15.2 Å². The van der Waals surface area contributed by atoms with Crippen LogP contribution in [0, 0.1) is 6.92 Å². The maximum Gasteiger partial charge on any atom is 0.323 e. The van der Waals surface area contributed by atoms with Crippen LogP contribution in [0.5, 0.6) is 11.5 Å². The third kappa shape index (κ3) is 1.69. The zero-order valence-corrected chi connectivity index (χ0v) is 9.37. The second kappa shape index (κ2) is 3.69. The molecule has 0 atom stereocenters. The molecular formula is C12H12N2O3. The van der Waals surface area contributed by atoms with E-state index in [0.29, 0.717) is 13.2 Å². The number of benzene rings is 1. The van der Waals surface area contributed by atoms with Crippen molar-refractivity contribution in [3.63, 3.8) is 0 Å². The van der Waals surface area contributed by atoms with Crippen molar-refractivity contribution in [1.29, 1.82) is 0 Å². The largest absolute Gasteiger partial charge is 0.486 e. The zero-order valence-electron chi connectivity index (χ0n) is 9.37. The fraction of sp³-hybridized carbons (Fsp3) is 0.250. The third-order valence-electron chi connectivity index (χ3n) is 2.78. The summed E-state index contributed by atoms with van der Waals surface area (Å²) in [5.41, 5.74) is 2.51. The smallest absolute Gasteiger partial charge is 0.323 e. The molecule has 5 nitrogen and oxygen atoms in total. The minimum absolute atomic E-state index is 0.214. The molecule has 3 rings (SSSR count). The van der Waals surface area contributed by atoms with Crippen molar-refractivity contribution in [1.82, 2.24) is 9.97 Å². The van der Waals surface area contributed by atoms with Crippen LogP contribution in [-0.4, -0.2) is 23.2 Å². The first-order valence-corrected chi connectivity index (χ1v) is 5.42. The van der Waals surface area contributed by atoms with Gasteiger partial charge in [0.05, 0.1) is 5.69 Å². The highest BCUT2D eigenvalue weighted by Gasteiger charge is 2.15. The number of aromatic amines is 2. The Kier molecular flexibility index (Phi) is 2.18. The van der Waals surface area contributed by atoms with Crippen molar-refractivity contribution in [2.75, 3.05) is 13.2 Å². The molecule has 1 aliphatic rings. The molecule has 1 aromatic heterocycles. The molecule has 0 saturated carbocycles. The lowest BCUT2D eigenvalue weighted by atomic mass is 10.1. The van der Waals surface area contributed by atoms with Gasteiger partial charge in [0.1, 0.15) is 13.2 Å². The van der Waals surface area contributed by atoms with Crippen LogP contribution in [0.25, 0.3) is 11.3 Å². The topological polar surface area (TPSA) is 67.1 Å². The van der Waals surface area contributed by atoms with Gasteiger partial charge in [-0.3, -0.25) is 0 Å². The minimum atomic E-state index is -0.214. The summed E-state index contributed by atoms with van der Waals surface area (Å²) in [7, 11) is 0. The fourth-order valence-corrected chi connectivity index (χ4v) is 1.96. The second-order valence-electron chi connectivity index (χ2n) is 3.97. The van der Waals surface area contributed by atoms with E-state index < -0.39 is 0 Å². The molecular weight excluding hydrogens is 220 g/mol. The van der Waals surface area contributed by atoms with Crippen LogP contribution >= 0.6 is 0 Å². The molecule has 0 aliphatic carbocycles. The predicted molar refractivity (Wildman–Crippen MR) is 62.6 cm³/mol.